The van der Waals surface area contributed by atoms with Gasteiger partial charge in [-0.15, -0.1) is 11.8 Å². The zero-order valence-corrected chi connectivity index (χ0v) is 19.2. The molecule has 0 bridgehead atoms. The van der Waals surface area contributed by atoms with Crippen molar-refractivity contribution in [3.63, 3.8) is 0 Å². The van der Waals surface area contributed by atoms with Gasteiger partial charge in [0.1, 0.15) is 6.04 Å². The molecule has 0 aliphatic heterocycles. The molecule has 0 fully saturated rings. The van der Waals surface area contributed by atoms with E-state index in [-0.39, 0.29) is 24.1 Å². The first-order valence-corrected chi connectivity index (χ1v) is 11.3. The van der Waals surface area contributed by atoms with Gasteiger partial charge in [-0.2, -0.15) is 0 Å². The number of hydrogen-bond acceptors (Lipinski definition) is 3. The molecule has 1 N–H and O–H groups in total. The second-order valence-corrected chi connectivity index (χ2v) is 8.60. The number of carbonyl (C=O) groups is 2. The van der Waals surface area contributed by atoms with Crippen LogP contribution in [0.2, 0.25) is 10.0 Å². The number of hydrogen-bond donors (Lipinski definition) is 1. The molecule has 2 aromatic rings. The molecule has 29 heavy (non-hydrogen) atoms. The fourth-order valence-electron chi connectivity index (χ4n) is 2.94. The summed E-state index contributed by atoms with van der Waals surface area (Å²) in [7, 11) is 1.58. The van der Waals surface area contributed by atoms with Gasteiger partial charge in [0.25, 0.3) is 0 Å². The van der Waals surface area contributed by atoms with Gasteiger partial charge < -0.3 is 10.2 Å². The van der Waals surface area contributed by atoms with E-state index in [2.05, 4.69) is 29.6 Å². The van der Waals surface area contributed by atoms with Gasteiger partial charge in [0, 0.05) is 29.4 Å². The monoisotopic (exact) mass is 452 g/mol. The molecule has 1 atom stereocenters. The lowest BCUT2D eigenvalue weighted by Crippen LogP contribution is -2.48. The molecule has 0 aliphatic carbocycles. The minimum absolute atomic E-state index is 0.0939. The molecule has 4 nitrogen and oxygen atoms in total. The first-order chi connectivity index (χ1) is 13.8. The van der Waals surface area contributed by atoms with Crippen molar-refractivity contribution in [2.75, 3.05) is 12.8 Å². The summed E-state index contributed by atoms with van der Waals surface area (Å²) < 4.78 is 0. The molecule has 0 aromatic heterocycles. The third kappa shape index (κ3) is 6.95. The summed E-state index contributed by atoms with van der Waals surface area (Å²) in [6.45, 7) is 4.19. The van der Waals surface area contributed by atoms with Crippen LogP contribution in [0, 0.1) is 6.92 Å². The van der Waals surface area contributed by atoms with E-state index in [9.17, 15) is 9.59 Å². The van der Waals surface area contributed by atoms with Gasteiger partial charge >= 0.3 is 0 Å². The molecule has 156 valence electrons. The lowest BCUT2D eigenvalue weighted by atomic mass is 10.1. The predicted molar refractivity (Wildman–Crippen MR) is 122 cm³/mol. The van der Waals surface area contributed by atoms with Gasteiger partial charge in [0.05, 0.1) is 5.75 Å². The summed E-state index contributed by atoms with van der Waals surface area (Å²) in [5.74, 6) is 0.739. The Labute approximate surface area is 187 Å². The van der Waals surface area contributed by atoms with E-state index < -0.39 is 6.04 Å². The molecule has 2 amide bonds. The van der Waals surface area contributed by atoms with E-state index >= 15 is 0 Å². The topological polar surface area (TPSA) is 49.4 Å². The summed E-state index contributed by atoms with van der Waals surface area (Å²) in [5.41, 5.74) is 3.13. The van der Waals surface area contributed by atoms with Crippen LogP contribution in [0.3, 0.4) is 0 Å². The Hall–Kier alpha value is -1.69. The van der Waals surface area contributed by atoms with Crippen molar-refractivity contribution in [1.82, 2.24) is 10.2 Å². The van der Waals surface area contributed by atoms with Gasteiger partial charge in [-0.3, -0.25) is 9.59 Å². The highest BCUT2D eigenvalue weighted by atomic mass is 35.5. The number of halogens is 2. The lowest BCUT2D eigenvalue weighted by molar-refractivity contribution is -0.139. The minimum Gasteiger partial charge on any atom is -0.357 e. The van der Waals surface area contributed by atoms with Crippen molar-refractivity contribution in [3.8, 4) is 0 Å². The second kappa shape index (κ2) is 11.5. The molecule has 0 heterocycles. The SMILES string of the molecule is CCC(C(=O)NC)N(Cc1ccc(Cl)cc1Cl)C(=O)CSCc1ccc(C)cc1. The van der Waals surface area contributed by atoms with Crippen LogP contribution in [-0.2, 0) is 21.9 Å². The molecule has 0 aliphatic rings. The third-order valence-electron chi connectivity index (χ3n) is 4.60. The average molecular weight is 453 g/mol. The maximum absolute atomic E-state index is 13.0. The van der Waals surface area contributed by atoms with Crippen LogP contribution < -0.4 is 5.32 Å². The summed E-state index contributed by atoms with van der Waals surface area (Å²) in [6, 6.07) is 12.9. The van der Waals surface area contributed by atoms with Crippen molar-refractivity contribution < 1.29 is 9.59 Å². The fraction of sp³-hybridized carbons (Fsp3) is 0.364. The number of rotatable bonds is 9. The normalized spacial score (nSPS) is 11.8. The maximum atomic E-state index is 13.0. The van der Waals surface area contributed by atoms with Gasteiger partial charge in [-0.25, -0.2) is 0 Å². The molecule has 1 unspecified atom stereocenters. The third-order valence-corrected chi connectivity index (χ3v) is 6.18. The number of likely N-dealkylation sites (N-methyl/N-ethyl adjacent to an activating group) is 1. The first kappa shape index (κ1) is 23.6. The van der Waals surface area contributed by atoms with Gasteiger partial charge in [0.2, 0.25) is 11.8 Å². The van der Waals surface area contributed by atoms with Crippen LogP contribution in [0.1, 0.15) is 30.0 Å². The molecular weight excluding hydrogens is 427 g/mol. The summed E-state index contributed by atoms with van der Waals surface area (Å²) >= 11 is 13.8. The Morgan fingerprint density at radius 2 is 1.83 bits per heavy atom. The quantitative estimate of drug-likeness (QED) is 0.576. The van der Waals surface area contributed by atoms with Crippen LogP contribution in [0.4, 0.5) is 0 Å². The van der Waals surface area contributed by atoms with Gasteiger partial charge in [-0.05, 0) is 36.6 Å². The van der Waals surface area contributed by atoms with Crippen LogP contribution in [0.25, 0.3) is 0 Å². The number of benzene rings is 2. The van der Waals surface area contributed by atoms with E-state index in [4.69, 9.17) is 23.2 Å². The number of aryl methyl sites for hydroxylation is 1. The Bertz CT molecular complexity index is 843. The zero-order valence-electron chi connectivity index (χ0n) is 16.9. The number of nitrogens with one attached hydrogen (secondary N) is 1. The predicted octanol–water partition coefficient (Wildman–Crippen LogP) is 5.09. The van der Waals surface area contributed by atoms with Crippen LogP contribution in [0.15, 0.2) is 42.5 Å². The van der Waals surface area contributed by atoms with E-state index in [0.29, 0.717) is 16.5 Å². The molecule has 7 heteroatoms. The molecular formula is C22H26Cl2N2O2S. The van der Waals surface area contributed by atoms with E-state index in [1.165, 1.54) is 22.9 Å². The largest absolute Gasteiger partial charge is 0.357 e. The van der Waals surface area contributed by atoms with Crippen LogP contribution in [-0.4, -0.2) is 35.6 Å². The number of thioether (sulfide) groups is 1. The number of carbonyl (C=O) groups excluding carboxylic acids is 2. The Morgan fingerprint density at radius 1 is 1.14 bits per heavy atom. The highest BCUT2D eigenvalue weighted by Gasteiger charge is 2.28. The average Bonchev–Trinajstić information content (AvgIpc) is 2.70. The fourth-order valence-corrected chi connectivity index (χ4v) is 4.28. The van der Waals surface area contributed by atoms with E-state index in [1.54, 1.807) is 30.1 Å². The lowest BCUT2D eigenvalue weighted by Gasteiger charge is -2.30. The minimum atomic E-state index is -0.556. The molecule has 0 radical (unpaired) electrons. The van der Waals surface area contributed by atoms with Crippen molar-refractivity contribution >= 4 is 46.8 Å². The van der Waals surface area contributed by atoms with E-state index in [1.807, 2.05) is 13.8 Å². The van der Waals surface area contributed by atoms with Crippen molar-refractivity contribution in [3.05, 3.63) is 69.2 Å². The number of amides is 2. The number of nitrogens with zero attached hydrogens (tertiary/aromatic N) is 1. The van der Waals surface area contributed by atoms with Crippen LogP contribution >= 0.6 is 35.0 Å². The highest BCUT2D eigenvalue weighted by Crippen LogP contribution is 2.24. The molecule has 2 rings (SSSR count). The standard InChI is InChI=1S/C22H26Cl2N2O2S/c1-4-20(22(28)25-3)26(12-17-9-10-18(23)11-19(17)24)21(27)14-29-13-16-7-5-15(2)6-8-16/h5-11,20H,4,12-14H2,1-3H3,(H,25,28). The Kier molecular flexibility index (Phi) is 9.34. The van der Waals surface area contributed by atoms with E-state index in [0.717, 1.165) is 11.3 Å². The van der Waals surface area contributed by atoms with Crippen molar-refractivity contribution in [2.24, 2.45) is 0 Å². The molecule has 2 aromatic carbocycles. The van der Waals surface area contributed by atoms with Crippen molar-refractivity contribution in [2.45, 2.75) is 38.6 Å². The summed E-state index contributed by atoms with van der Waals surface area (Å²) in [4.78, 5) is 27.0. The van der Waals surface area contributed by atoms with Gasteiger partial charge in [-0.1, -0.05) is 66.0 Å². The second-order valence-electron chi connectivity index (χ2n) is 6.77. The Morgan fingerprint density at radius 3 is 2.41 bits per heavy atom. The highest BCUT2D eigenvalue weighted by molar-refractivity contribution is 7.99. The summed E-state index contributed by atoms with van der Waals surface area (Å²) in [5, 5.41) is 3.67. The molecule has 0 saturated heterocycles. The Balaban J connectivity index is 2.13. The maximum Gasteiger partial charge on any atom is 0.242 e. The van der Waals surface area contributed by atoms with Crippen LogP contribution in [0.5, 0.6) is 0 Å². The van der Waals surface area contributed by atoms with Crippen molar-refractivity contribution in [1.29, 1.82) is 0 Å². The zero-order chi connectivity index (χ0) is 21.4. The molecule has 0 saturated carbocycles. The van der Waals surface area contributed by atoms with Gasteiger partial charge in [0.15, 0.2) is 0 Å². The first-order valence-electron chi connectivity index (χ1n) is 9.44. The molecule has 0 spiro atoms. The summed E-state index contributed by atoms with van der Waals surface area (Å²) in [6.07, 6.45) is 0.513. The smallest absolute Gasteiger partial charge is 0.242 e.